The Bertz CT molecular complexity index is 2400. The highest BCUT2D eigenvalue weighted by Gasteiger charge is 2.17. The van der Waals surface area contributed by atoms with Crippen LogP contribution in [0.25, 0.3) is 77.8 Å². The Kier molecular flexibility index (Phi) is 7.14. The van der Waals surface area contributed by atoms with Gasteiger partial charge in [-0.1, -0.05) is 138 Å². The molecule has 0 aliphatic carbocycles. The van der Waals surface area contributed by atoms with E-state index < -0.39 is 0 Å². The first-order valence-corrected chi connectivity index (χ1v) is 16.6. The van der Waals surface area contributed by atoms with Crippen LogP contribution in [-0.4, -0.2) is 9.67 Å². The highest BCUT2D eigenvalue weighted by atomic mass is 15.3. The van der Waals surface area contributed by atoms with Crippen LogP contribution in [0.4, 0.5) is 0 Å². The number of hydrogen-bond donors (Lipinski definition) is 0. The Morgan fingerprint density at radius 3 is 1.35 bits per heavy atom. The predicted octanol–water partition coefficient (Wildman–Crippen LogP) is 11.1. The van der Waals surface area contributed by atoms with Crippen molar-refractivity contribution in [2.45, 2.75) is 0 Å². The Hall–Kier alpha value is -6.58. The number of fused-ring (bicyclic) bond motifs is 3. The normalized spacial score (nSPS) is 11.3. The van der Waals surface area contributed by atoms with Gasteiger partial charge in [-0.3, -0.25) is 0 Å². The molecule has 0 saturated heterocycles. The van der Waals surface area contributed by atoms with E-state index in [0.29, 0.717) is 0 Å². The molecule has 9 rings (SSSR count). The van der Waals surface area contributed by atoms with Gasteiger partial charge >= 0.3 is 0 Å². The molecule has 3 nitrogen and oxygen atoms in total. The van der Waals surface area contributed by atoms with Gasteiger partial charge < -0.3 is 4.57 Å². The van der Waals surface area contributed by atoms with Crippen LogP contribution in [0.2, 0.25) is 0 Å². The third-order valence-electron chi connectivity index (χ3n) is 9.30. The van der Waals surface area contributed by atoms with Crippen LogP contribution >= 0.6 is 0 Å². The van der Waals surface area contributed by atoms with Crippen molar-refractivity contribution in [3.63, 3.8) is 0 Å². The van der Waals surface area contributed by atoms with E-state index in [1.165, 1.54) is 44.1 Å². The average Bonchev–Trinajstić information content (AvgIpc) is 3.52. The van der Waals surface area contributed by atoms with Crippen LogP contribution in [-0.2, 0) is 0 Å². The number of para-hydroxylation sites is 1. The molecule has 0 unspecified atom stereocenters. The SMILES string of the molecule is c1ccc(-c2ccc3c(c2)c2cc(-c4ccccc4)ccc2n3-c2ccc(-c3cc(-c4ccccc4)n[n+](-c4ccccc4)c3)cc2)cc1. The zero-order valence-electron chi connectivity index (χ0n) is 26.8. The molecule has 0 N–H and O–H groups in total. The summed E-state index contributed by atoms with van der Waals surface area (Å²) in [6, 6.07) is 66.7. The fourth-order valence-corrected chi connectivity index (χ4v) is 6.84. The minimum atomic E-state index is 0.928. The van der Waals surface area contributed by atoms with Gasteiger partial charge in [-0.2, -0.15) is 0 Å². The topological polar surface area (TPSA) is 21.7 Å². The van der Waals surface area contributed by atoms with E-state index in [1.807, 2.05) is 28.9 Å². The van der Waals surface area contributed by atoms with Crippen molar-refractivity contribution in [2.75, 3.05) is 0 Å². The summed E-state index contributed by atoms with van der Waals surface area (Å²) in [7, 11) is 0. The maximum absolute atomic E-state index is 5.00. The van der Waals surface area contributed by atoms with Crippen molar-refractivity contribution in [3.05, 3.63) is 194 Å². The van der Waals surface area contributed by atoms with Crippen molar-refractivity contribution >= 4 is 21.8 Å². The number of rotatable bonds is 6. The molecule has 49 heavy (non-hydrogen) atoms. The summed E-state index contributed by atoms with van der Waals surface area (Å²) in [6.07, 6.45) is 2.12. The maximum Gasteiger partial charge on any atom is 0.238 e. The molecule has 3 heteroatoms. The second-order valence-electron chi connectivity index (χ2n) is 12.3. The molecule has 0 bridgehead atoms. The van der Waals surface area contributed by atoms with Crippen molar-refractivity contribution in [1.82, 2.24) is 9.67 Å². The maximum atomic E-state index is 5.00. The zero-order valence-corrected chi connectivity index (χ0v) is 26.8. The van der Waals surface area contributed by atoms with Gasteiger partial charge in [-0.15, -0.1) is 0 Å². The Morgan fingerprint density at radius 2 is 0.816 bits per heavy atom. The lowest BCUT2D eigenvalue weighted by Gasteiger charge is -2.10. The molecule has 0 atom stereocenters. The predicted molar refractivity (Wildman–Crippen MR) is 202 cm³/mol. The monoisotopic (exact) mass is 626 g/mol. The van der Waals surface area contributed by atoms with Crippen molar-refractivity contribution in [1.29, 1.82) is 0 Å². The van der Waals surface area contributed by atoms with E-state index in [4.69, 9.17) is 5.10 Å². The molecule has 0 saturated carbocycles. The zero-order chi connectivity index (χ0) is 32.6. The van der Waals surface area contributed by atoms with E-state index in [1.54, 1.807) is 0 Å². The Labute approximate surface area is 285 Å². The molecule has 0 spiro atoms. The fourth-order valence-electron chi connectivity index (χ4n) is 6.84. The summed E-state index contributed by atoms with van der Waals surface area (Å²) in [6.45, 7) is 0. The van der Waals surface area contributed by atoms with Gasteiger partial charge in [-0.05, 0) is 70.3 Å². The molecule has 7 aromatic carbocycles. The van der Waals surface area contributed by atoms with Crippen molar-refractivity contribution < 1.29 is 4.68 Å². The molecule has 0 amide bonds. The molecular weight excluding hydrogens is 595 g/mol. The van der Waals surface area contributed by atoms with E-state index >= 15 is 0 Å². The molecular formula is C46H32N3+. The average molecular weight is 627 g/mol. The van der Waals surface area contributed by atoms with Crippen LogP contribution in [0.5, 0.6) is 0 Å². The first-order chi connectivity index (χ1) is 24.3. The summed E-state index contributed by atoms with van der Waals surface area (Å²) >= 11 is 0. The van der Waals surface area contributed by atoms with Gasteiger partial charge in [-0.25, -0.2) is 0 Å². The first-order valence-electron chi connectivity index (χ1n) is 16.6. The first kappa shape index (κ1) is 28.6. The lowest BCUT2D eigenvalue weighted by atomic mass is 10.0. The standard InChI is InChI=1S/C46H32N3/c1-5-13-33(14-6-1)37-23-27-45-42(29-37)43-30-38(34-15-7-2-8-16-34)24-28-46(43)49(45)41-25-21-35(22-26-41)39-31-44(36-17-9-3-10-18-36)47-48(32-39)40-19-11-4-12-20-40/h1-32H/q+1. The van der Waals surface area contributed by atoms with E-state index in [2.05, 4.69) is 175 Å². The highest BCUT2D eigenvalue weighted by Crippen LogP contribution is 2.37. The van der Waals surface area contributed by atoms with Gasteiger partial charge in [0, 0.05) is 39.3 Å². The summed E-state index contributed by atoms with van der Waals surface area (Å²) < 4.78 is 4.37. The minimum Gasteiger partial charge on any atom is -0.309 e. The van der Waals surface area contributed by atoms with Gasteiger partial charge in [0.05, 0.1) is 16.6 Å². The lowest BCUT2D eigenvalue weighted by Crippen LogP contribution is -2.35. The van der Waals surface area contributed by atoms with Gasteiger partial charge in [0.25, 0.3) is 0 Å². The summed E-state index contributed by atoms with van der Waals surface area (Å²) in [5, 5.41) is 7.48. The molecule has 0 aliphatic heterocycles. The Balaban J connectivity index is 1.19. The largest absolute Gasteiger partial charge is 0.309 e. The second kappa shape index (κ2) is 12.2. The lowest BCUT2D eigenvalue weighted by molar-refractivity contribution is -0.658. The third kappa shape index (κ3) is 5.38. The molecule has 9 aromatic rings. The van der Waals surface area contributed by atoms with Gasteiger partial charge in [0.15, 0.2) is 0 Å². The summed E-state index contributed by atoms with van der Waals surface area (Å²) in [5.74, 6) is 0. The minimum absolute atomic E-state index is 0.928. The molecule has 0 radical (unpaired) electrons. The van der Waals surface area contributed by atoms with Gasteiger partial charge in [0.1, 0.15) is 5.69 Å². The smallest absolute Gasteiger partial charge is 0.238 e. The van der Waals surface area contributed by atoms with E-state index in [0.717, 1.165) is 33.8 Å². The summed E-state index contributed by atoms with van der Waals surface area (Å²) in [5.41, 5.74) is 13.6. The third-order valence-corrected chi connectivity index (χ3v) is 9.30. The fraction of sp³-hybridized carbons (Fsp3) is 0. The quantitative estimate of drug-likeness (QED) is 0.168. The number of hydrogen-bond acceptors (Lipinski definition) is 1. The second-order valence-corrected chi connectivity index (χ2v) is 12.3. The molecule has 2 heterocycles. The van der Waals surface area contributed by atoms with Crippen LogP contribution in [0.1, 0.15) is 0 Å². The summed E-state index contributed by atoms with van der Waals surface area (Å²) in [4.78, 5) is 0. The van der Waals surface area contributed by atoms with Gasteiger partial charge in [0.2, 0.25) is 11.9 Å². The number of nitrogens with zero attached hydrogens (tertiary/aromatic N) is 3. The van der Waals surface area contributed by atoms with Crippen molar-refractivity contribution in [3.8, 4) is 56.0 Å². The Morgan fingerprint density at radius 1 is 0.367 bits per heavy atom. The molecule has 0 fully saturated rings. The molecule has 0 aliphatic rings. The van der Waals surface area contributed by atoms with Crippen LogP contribution in [0.15, 0.2) is 194 Å². The van der Waals surface area contributed by atoms with E-state index in [-0.39, 0.29) is 0 Å². The van der Waals surface area contributed by atoms with Crippen molar-refractivity contribution in [2.24, 2.45) is 0 Å². The number of benzene rings is 7. The van der Waals surface area contributed by atoms with E-state index in [9.17, 15) is 0 Å². The molecule has 2 aromatic heterocycles. The van der Waals surface area contributed by atoms with Crippen LogP contribution in [0.3, 0.4) is 0 Å². The number of aromatic nitrogens is 3. The van der Waals surface area contributed by atoms with Crippen LogP contribution in [0, 0.1) is 0 Å². The molecule has 230 valence electrons. The van der Waals surface area contributed by atoms with Crippen LogP contribution < -0.4 is 4.68 Å². The highest BCUT2D eigenvalue weighted by molar-refractivity contribution is 6.11.